The molecule has 0 spiro atoms. The number of carbonyl (C=O) groups is 2. The van der Waals surface area contributed by atoms with E-state index in [2.05, 4.69) is 10.6 Å². The Labute approximate surface area is 158 Å². The molecule has 2 N–H and O–H groups in total. The van der Waals surface area contributed by atoms with Crippen molar-refractivity contribution in [1.82, 2.24) is 0 Å². The average Bonchev–Trinajstić information content (AvgIpc) is 2.65. The van der Waals surface area contributed by atoms with Crippen LogP contribution in [0, 0.1) is 0 Å². The van der Waals surface area contributed by atoms with Gasteiger partial charge in [0.15, 0.2) is 0 Å². The summed E-state index contributed by atoms with van der Waals surface area (Å²) in [6, 6.07) is 24.2. The lowest BCUT2D eigenvalue weighted by atomic mass is 10.0. The summed E-state index contributed by atoms with van der Waals surface area (Å²) in [5.74, 6) is 0.408. The summed E-state index contributed by atoms with van der Waals surface area (Å²) < 4.78 is 5.20. The predicted octanol–water partition coefficient (Wildman–Crippen LogP) is 4.85. The molecule has 136 valence electrons. The van der Waals surface area contributed by atoms with Crippen LogP contribution in [0.15, 0.2) is 78.9 Å². The number of amides is 2. The fourth-order valence-electron chi connectivity index (χ4n) is 2.59. The summed E-state index contributed by atoms with van der Waals surface area (Å²) in [6.45, 7) is 1.49. The molecule has 0 aliphatic heterocycles. The maximum absolute atomic E-state index is 11.9. The minimum absolute atomic E-state index is 0.0865. The Balaban J connectivity index is 1.55. The molecular formula is C22H20N2O3. The van der Waals surface area contributed by atoms with E-state index in [1.54, 1.807) is 24.3 Å². The maximum Gasteiger partial charge on any atom is 0.417 e. The van der Waals surface area contributed by atoms with Gasteiger partial charge in [-0.05, 0) is 53.9 Å². The van der Waals surface area contributed by atoms with Crippen molar-refractivity contribution in [3.63, 3.8) is 0 Å². The largest absolute Gasteiger partial charge is 0.417 e. The molecule has 5 nitrogen and oxygen atoms in total. The third kappa shape index (κ3) is 5.71. The summed E-state index contributed by atoms with van der Waals surface area (Å²) in [7, 11) is 0. The van der Waals surface area contributed by atoms with Crippen LogP contribution in [0.25, 0.3) is 0 Å². The van der Waals surface area contributed by atoms with Crippen LogP contribution in [0.1, 0.15) is 18.1 Å². The van der Waals surface area contributed by atoms with Crippen LogP contribution in [0.4, 0.5) is 16.2 Å². The minimum Gasteiger partial charge on any atom is -0.410 e. The number of carbonyl (C=O) groups excluding carboxylic acids is 2. The zero-order valence-electron chi connectivity index (χ0n) is 14.9. The van der Waals surface area contributed by atoms with Gasteiger partial charge >= 0.3 is 6.09 Å². The Hall–Kier alpha value is -3.60. The molecule has 0 aliphatic rings. The minimum atomic E-state index is -0.525. The lowest BCUT2D eigenvalue weighted by Crippen LogP contribution is -2.16. The standard InChI is InChI=1S/C22H20N2O3/c1-16(25)23-19-11-7-17(8-12-19)15-18-9-13-20(14-10-18)24-22(26)27-21-5-3-2-4-6-21/h2-14H,15H2,1H3,(H,23,25)(H,24,26). The van der Waals surface area contributed by atoms with Crippen LogP contribution < -0.4 is 15.4 Å². The second-order valence-electron chi connectivity index (χ2n) is 6.08. The van der Waals surface area contributed by atoms with Gasteiger partial charge in [0.05, 0.1) is 0 Å². The highest BCUT2D eigenvalue weighted by Gasteiger charge is 2.05. The van der Waals surface area contributed by atoms with Gasteiger partial charge < -0.3 is 10.1 Å². The van der Waals surface area contributed by atoms with Crippen molar-refractivity contribution >= 4 is 23.4 Å². The van der Waals surface area contributed by atoms with Crippen LogP contribution in [0.5, 0.6) is 5.75 Å². The molecule has 0 heterocycles. The molecule has 0 unspecified atom stereocenters. The summed E-state index contributed by atoms with van der Waals surface area (Å²) in [4.78, 5) is 23.0. The normalized spacial score (nSPS) is 10.1. The molecule has 0 radical (unpaired) electrons. The summed E-state index contributed by atoms with van der Waals surface area (Å²) >= 11 is 0. The molecule has 0 bridgehead atoms. The first-order valence-electron chi connectivity index (χ1n) is 8.58. The number of para-hydroxylation sites is 1. The van der Waals surface area contributed by atoms with E-state index in [9.17, 15) is 9.59 Å². The Kier molecular flexibility index (Phi) is 5.84. The van der Waals surface area contributed by atoms with E-state index in [1.807, 2.05) is 54.6 Å². The SMILES string of the molecule is CC(=O)Nc1ccc(Cc2ccc(NC(=O)Oc3ccccc3)cc2)cc1. The van der Waals surface area contributed by atoms with Crippen molar-refractivity contribution < 1.29 is 14.3 Å². The Morgan fingerprint density at radius 2 is 1.26 bits per heavy atom. The number of nitrogens with one attached hydrogen (secondary N) is 2. The molecule has 0 saturated carbocycles. The molecule has 0 fully saturated rings. The van der Waals surface area contributed by atoms with E-state index in [-0.39, 0.29) is 5.91 Å². The molecule has 5 heteroatoms. The highest BCUT2D eigenvalue weighted by molar-refractivity contribution is 5.88. The zero-order chi connectivity index (χ0) is 19.1. The smallest absolute Gasteiger partial charge is 0.410 e. The van der Waals surface area contributed by atoms with E-state index in [0.717, 1.165) is 23.2 Å². The highest BCUT2D eigenvalue weighted by atomic mass is 16.6. The molecular weight excluding hydrogens is 340 g/mol. The van der Waals surface area contributed by atoms with Crippen LogP contribution in [0.3, 0.4) is 0 Å². The van der Waals surface area contributed by atoms with E-state index in [4.69, 9.17) is 4.74 Å². The zero-order valence-corrected chi connectivity index (χ0v) is 14.9. The van der Waals surface area contributed by atoms with E-state index in [0.29, 0.717) is 11.4 Å². The molecule has 2 amide bonds. The number of anilines is 2. The van der Waals surface area contributed by atoms with Gasteiger partial charge in [-0.2, -0.15) is 0 Å². The molecule has 3 rings (SSSR count). The first-order chi connectivity index (χ1) is 13.1. The van der Waals surface area contributed by atoms with Gasteiger partial charge in [0.25, 0.3) is 0 Å². The topological polar surface area (TPSA) is 67.4 Å². The lowest BCUT2D eigenvalue weighted by Gasteiger charge is -2.08. The molecule has 0 atom stereocenters. The van der Waals surface area contributed by atoms with Gasteiger partial charge in [-0.1, -0.05) is 42.5 Å². The third-order valence-electron chi connectivity index (χ3n) is 3.84. The van der Waals surface area contributed by atoms with Crippen LogP contribution in [-0.2, 0) is 11.2 Å². The predicted molar refractivity (Wildman–Crippen MR) is 106 cm³/mol. The van der Waals surface area contributed by atoms with Crippen molar-refractivity contribution in [3.8, 4) is 5.75 Å². The first kappa shape index (κ1) is 18.2. The highest BCUT2D eigenvalue weighted by Crippen LogP contribution is 2.17. The summed E-state index contributed by atoms with van der Waals surface area (Å²) in [6.07, 6.45) is 0.234. The third-order valence-corrected chi connectivity index (χ3v) is 3.84. The van der Waals surface area contributed by atoms with Crippen molar-refractivity contribution in [3.05, 3.63) is 90.0 Å². The molecule has 0 aromatic heterocycles. The first-order valence-corrected chi connectivity index (χ1v) is 8.58. The lowest BCUT2D eigenvalue weighted by molar-refractivity contribution is -0.114. The Morgan fingerprint density at radius 1 is 0.741 bits per heavy atom. The summed E-state index contributed by atoms with van der Waals surface area (Å²) in [5.41, 5.74) is 3.70. The Bertz CT molecular complexity index is 905. The fraction of sp³-hybridized carbons (Fsp3) is 0.0909. The van der Waals surface area contributed by atoms with Gasteiger partial charge in [-0.25, -0.2) is 4.79 Å². The maximum atomic E-state index is 11.9. The van der Waals surface area contributed by atoms with Crippen molar-refractivity contribution in [2.75, 3.05) is 10.6 Å². The fourth-order valence-corrected chi connectivity index (χ4v) is 2.59. The average molecular weight is 360 g/mol. The van der Waals surface area contributed by atoms with Gasteiger partial charge in [0.1, 0.15) is 5.75 Å². The number of rotatable bonds is 5. The molecule has 0 aliphatic carbocycles. The van der Waals surface area contributed by atoms with Gasteiger partial charge in [0.2, 0.25) is 5.91 Å². The van der Waals surface area contributed by atoms with E-state index < -0.39 is 6.09 Å². The number of ether oxygens (including phenoxy) is 1. The Morgan fingerprint density at radius 3 is 1.78 bits per heavy atom. The van der Waals surface area contributed by atoms with Crippen LogP contribution >= 0.6 is 0 Å². The molecule has 3 aromatic carbocycles. The number of hydrogen-bond donors (Lipinski definition) is 2. The quantitative estimate of drug-likeness (QED) is 0.684. The second-order valence-corrected chi connectivity index (χ2v) is 6.08. The number of benzene rings is 3. The van der Waals surface area contributed by atoms with Crippen molar-refractivity contribution in [1.29, 1.82) is 0 Å². The summed E-state index contributed by atoms with van der Waals surface area (Å²) in [5, 5.41) is 5.45. The van der Waals surface area contributed by atoms with Gasteiger partial charge in [0, 0.05) is 18.3 Å². The monoisotopic (exact) mass is 360 g/mol. The number of hydrogen-bond acceptors (Lipinski definition) is 3. The van der Waals surface area contributed by atoms with Crippen LogP contribution in [0.2, 0.25) is 0 Å². The van der Waals surface area contributed by atoms with Crippen LogP contribution in [-0.4, -0.2) is 12.0 Å². The van der Waals surface area contributed by atoms with Gasteiger partial charge in [-0.15, -0.1) is 0 Å². The molecule has 3 aromatic rings. The molecule has 27 heavy (non-hydrogen) atoms. The molecule has 0 saturated heterocycles. The van der Waals surface area contributed by atoms with Crippen molar-refractivity contribution in [2.45, 2.75) is 13.3 Å². The second kappa shape index (κ2) is 8.67. The van der Waals surface area contributed by atoms with E-state index >= 15 is 0 Å². The van der Waals surface area contributed by atoms with Gasteiger partial charge in [-0.3, -0.25) is 10.1 Å². The van der Waals surface area contributed by atoms with E-state index in [1.165, 1.54) is 6.92 Å². The van der Waals surface area contributed by atoms with Crippen molar-refractivity contribution in [2.24, 2.45) is 0 Å².